The third-order valence-corrected chi connectivity index (χ3v) is 5.28. The number of anilines is 2. The Balaban J connectivity index is 1.66. The van der Waals surface area contributed by atoms with Gasteiger partial charge in [0, 0.05) is 23.2 Å². The van der Waals surface area contributed by atoms with Crippen molar-refractivity contribution in [3.05, 3.63) is 83.4 Å². The van der Waals surface area contributed by atoms with Crippen LogP contribution in [0.15, 0.2) is 65.6 Å². The van der Waals surface area contributed by atoms with Crippen molar-refractivity contribution in [3.63, 3.8) is 0 Å². The zero-order valence-corrected chi connectivity index (χ0v) is 17.1. The van der Waals surface area contributed by atoms with Crippen molar-refractivity contribution in [2.75, 3.05) is 10.0 Å². The molecule has 2 aromatic carbocycles. The van der Waals surface area contributed by atoms with Crippen LogP contribution in [0.5, 0.6) is 0 Å². The van der Waals surface area contributed by atoms with Crippen molar-refractivity contribution in [2.24, 2.45) is 0 Å². The first-order chi connectivity index (χ1) is 14.2. The van der Waals surface area contributed by atoms with E-state index in [2.05, 4.69) is 20.0 Å². The van der Waals surface area contributed by atoms with Gasteiger partial charge in [0.2, 0.25) is 11.9 Å². The number of halogens is 1. The van der Waals surface area contributed by atoms with Crippen LogP contribution in [0.25, 0.3) is 6.08 Å². The Hall–Kier alpha value is -3.59. The summed E-state index contributed by atoms with van der Waals surface area (Å²) in [4.78, 5) is 20.2. The Morgan fingerprint density at radius 3 is 2.17 bits per heavy atom. The van der Waals surface area contributed by atoms with E-state index in [1.807, 2.05) is 0 Å². The SMILES string of the molecule is Cc1cc(C)nc(NS(=O)(=O)c2ccc(NC(=O)C=Cc3ccc(F)cc3)cc2)n1. The summed E-state index contributed by atoms with van der Waals surface area (Å²) in [5, 5.41) is 2.63. The number of aryl methyl sites for hydroxylation is 2. The fourth-order valence-corrected chi connectivity index (χ4v) is 3.54. The molecule has 3 aromatic rings. The monoisotopic (exact) mass is 426 g/mol. The molecule has 154 valence electrons. The summed E-state index contributed by atoms with van der Waals surface area (Å²) < 4.78 is 40.3. The number of benzene rings is 2. The van der Waals surface area contributed by atoms with E-state index in [4.69, 9.17) is 0 Å². The lowest BCUT2D eigenvalue weighted by atomic mass is 10.2. The van der Waals surface area contributed by atoms with Crippen LogP contribution < -0.4 is 10.0 Å². The number of nitrogens with one attached hydrogen (secondary N) is 2. The van der Waals surface area contributed by atoms with Crippen molar-refractivity contribution in [3.8, 4) is 0 Å². The molecule has 0 radical (unpaired) electrons. The van der Waals surface area contributed by atoms with E-state index in [-0.39, 0.29) is 16.7 Å². The first-order valence-corrected chi connectivity index (χ1v) is 10.4. The molecule has 7 nitrogen and oxygen atoms in total. The van der Waals surface area contributed by atoms with Gasteiger partial charge in [-0.05, 0) is 68.0 Å². The Bertz CT molecular complexity index is 1170. The molecule has 0 aliphatic heterocycles. The van der Waals surface area contributed by atoms with E-state index in [0.29, 0.717) is 22.6 Å². The molecule has 1 aromatic heterocycles. The van der Waals surface area contributed by atoms with Gasteiger partial charge in [-0.15, -0.1) is 0 Å². The van der Waals surface area contributed by atoms with E-state index in [1.165, 1.54) is 42.5 Å². The van der Waals surface area contributed by atoms with Crippen LogP contribution in [0.4, 0.5) is 16.0 Å². The highest BCUT2D eigenvalue weighted by Crippen LogP contribution is 2.17. The largest absolute Gasteiger partial charge is 0.323 e. The van der Waals surface area contributed by atoms with E-state index >= 15 is 0 Å². The third kappa shape index (κ3) is 5.71. The summed E-state index contributed by atoms with van der Waals surface area (Å²) in [6.07, 6.45) is 2.85. The number of sulfonamides is 1. The zero-order chi connectivity index (χ0) is 21.7. The molecule has 3 rings (SSSR count). The summed E-state index contributed by atoms with van der Waals surface area (Å²) in [6.45, 7) is 3.49. The highest BCUT2D eigenvalue weighted by atomic mass is 32.2. The number of hydrogen-bond acceptors (Lipinski definition) is 5. The topological polar surface area (TPSA) is 101 Å². The molecular weight excluding hydrogens is 407 g/mol. The summed E-state index contributed by atoms with van der Waals surface area (Å²) in [6, 6.07) is 13.1. The van der Waals surface area contributed by atoms with E-state index in [9.17, 15) is 17.6 Å². The molecule has 0 saturated heterocycles. The highest BCUT2D eigenvalue weighted by molar-refractivity contribution is 7.92. The lowest BCUT2D eigenvalue weighted by Gasteiger charge is -2.09. The van der Waals surface area contributed by atoms with Gasteiger partial charge in [0.1, 0.15) is 5.82 Å². The van der Waals surface area contributed by atoms with Gasteiger partial charge in [0.05, 0.1) is 4.90 Å². The first kappa shape index (κ1) is 21.1. The van der Waals surface area contributed by atoms with Gasteiger partial charge in [-0.1, -0.05) is 12.1 Å². The second-order valence-corrected chi connectivity index (χ2v) is 8.16. The van der Waals surface area contributed by atoms with Gasteiger partial charge >= 0.3 is 0 Å². The van der Waals surface area contributed by atoms with Crippen LogP contribution in [-0.4, -0.2) is 24.3 Å². The van der Waals surface area contributed by atoms with E-state index in [1.54, 1.807) is 38.1 Å². The average molecular weight is 426 g/mol. The fourth-order valence-electron chi connectivity index (χ4n) is 2.60. The van der Waals surface area contributed by atoms with E-state index in [0.717, 1.165) is 0 Å². The van der Waals surface area contributed by atoms with Gasteiger partial charge in [-0.2, -0.15) is 0 Å². The normalized spacial score (nSPS) is 11.4. The number of carbonyl (C=O) groups is 1. The number of carbonyl (C=O) groups excluding carboxylic acids is 1. The van der Waals surface area contributed by atoms with Crippen molar-refractivity contribution in [1.29, 1.82) is 0 Å². The van der Waals surface area contributed by atoms with Crippen molar-refractivity contribution < 1.29 is 17.6 Å². The minimum Gasteiger partial charge on any atom is -0.323 e. The average Bonchev–Trinajstić information content (AvgIpc) is 2.67. The second-order valence-electron chi connectivity index (χ2n) is 6.48. The minimum atomic E-state index is -3.87. The molecule has 0 atom stereocenters. The van der Waals surface area contributed by atoms with Crippen LogP contribution in [0.3, 0.4) is 0 Å². The number of nitrogens with zero attached hydrogens (tertiary/aromatic N) is 2. The summed E-state index contributed by atoms with van der Waals surface area (Å²) in [5.74, 6) is -0.766. The maximum Gasteiger partial charge on any atom is 0.264 e. The smallest absolute Gasteiger partial charge is 0.264 e. The van der Waals surface area contributed by atoms with Crippen molar-refractivity contribution in [1.82, 2.24) is 9.97 Å². The predicted molar refractivity (Wildman–Crippen MR) is 113 cm³/mol. The maximum absolute atomic E-state index is 12.9. The molecule has 0 aliphatic carbocycles. The number of aromatic nitrogens is 2. The Morgan fingerprint density at radius 2 is 1.57 bits per heavy atom. The Morgan fingerprint density at radius 1 is 0.967 bits per heavy atom. The van der Waals surface area contributed by atoms with Crippen LogP contribution in [0.1, 0.15) is 17.0 Å². The second kappa shape index (κ2) is 8.83. The molecule has 1 heterocycles. The standard InChI is InChI=1S/C21H19FN4O3S/c1-14-13-15(2)24-21(23-14)26-30(28,29)19-10-8-18(9-11-19)25-20(27)12-5-16-3-6-17(22)7-4-16/h3-13H,1-2H3,(H,25,27)(H,23,24,26). The molecule has 1 amide bonds. The van der Waals surface area contributed by atoms with Crippen LogP contribution in [-0.2, 0) is 14.8 Å². The first-order valence-electron chi connectivity index (χ1n) is 8.91. The molecule has 2 N–H and O–H groups in total. The number of rotatable bonds is 6. The molecule has 0 bridgehead atoms. The summed E-state index contributed by atoms with van der Waals surface area (Å²) >= 11 is 0. The molecule has 30 heavy (non-hydrogen) atoms. The Labute approximate surface area is 173 Å². The molecule has 0 aliphatic rings. The molecule has 0 saturated carbocycles. The van der Waals surface area contributed by atoms with Gasteiger partial charge in [-0.3, -0.25) is 4.79 Å². The lowest BCUT2D eigenvalue weighted by molar-refractivity contribution is -0.111. The molecule has 0 spiro atoms. The van der Waals surface area contributed by atoms with Crippen molar-refractivity contribution in [2.45, 2.75) is 18.7 Å². The van der Waals surface area contributed by atoms with Crippen LogP contribution >= 0.6 is 0 Å². The summed E-state index contributed by atoms with van der Waals surface area (Å²) in [5.41, 5.74) is 2.39. The van der Waals surface area contributed by atoms with Crippen LogP contribution in [0.2, 0.25) is 0 Å². The molecule has 0 unspecified atom stereocenters. The van der Waals surface area contributed by atoms with Crippen molar-refractivity contribution >= 4 is 33.6 Å². The zero-order valence-electron chi connectivity index (χ0n) is 16.3. The summed E-state index contributed by atoms with van der Waals surface area (Å²) in [7, 11) is -3.87. The van der Waals surface area contributed by atoms with Crippen LogP contribution in [0, 0.1) is 19.7 Å². The van der Waals surface area contributed by atoms with Gasteiger partial charge in [-0.25, -0.2) is 27.5 Å². The number of hydrogen-bond donors (Lipinski definition) is 2. The van der Waals surface area contributed by atoms with E-state index < -0.39 is 15.9 Å². The Kier molecular flexibility index (Phi) is 6.22. The minimum absolute atomic E-state index is 0.00388. The molecule has 0 fully saturated rings. The lowest BCUT2D eigenvalue weighted by Crippen LogP contribution is -2.16. The van der Waals surface area contributed by atoms with Gasteiger partial charge < -0.3 is 5.32 Å². The maximum atomic E-state index is 12.9. The highest BCUT2D eigenvalue weighted by Gasteiger charge is 2.16. The quantitative estimate of drug-likeness (QED) is 0.586. The molecule has 9 heteroatoms. The predicted octanol–water partition coefficient (Wildman–Crippen LogP) is 3.69. The van der Waals surface area contributed by atoms with Gasteiger partial charge in [0.25, 0.3) is 10.0 Å². The fraction of sp³-hybridized carbons (Fsp3) is 0.0952. The number of amides is 1. The molecular formula is C21H19FN4O3S. The van der Waals surface area contributed by atoms with Gasteiger partial charge in [0.15, 0.2) is 0 Å². The third-order valence-electron chi connectivity index (χ3n) is 3.94.